The zero-order chi connectivity index (χ0) is 13.3. The Morgan fingerprint density at radius 3 is 2.67 bits per heavy atom. The van der Waals surface area contributed by atoms with Crippen LogP contribution in [-0.4, -0.2) is 36.3 Å². The minimum atomic E-state index is -0.104. The van der Waals surface area contributed by atoms with E-state index in [1.165, 1.54) is 0 Å². The number of hydrogen-bond acceptors (Lipinski definition) is 4. The van der Waals surface area contributed by atoms with Gasteiger partial charge in [0.25, 0.3) is 0 Å². The van der Waals surface area contributed by atoms with E-state index in [2.05, 4.69) is 35.6 Å². The Balaban J connectivity index is 2.29. The van der Waals surface area contributed by atoms with Crippen LogP contribution in [0.25, 0.3) is 0 Å². The lowest BCUT2D eigenvalue weighted by molar-refractivity contribution is 0.193. The molecular weight excluding hydrogens is 250 g/mol. The Hall–Kier alpha value is -0.870. The van der Waals surface area contributed by atoms with Crippen LogP contribution >= 0.6 is 11.6 Å². The molecule has 0 spiro atoms. The molecule has 18 heavy (non-hydrogen) atoms. The minimum Gasteiger partial charge on any atom is -0.379 e. The molecule has 1 fully saturated rings. The van der Waals surface area contributed by atoms with Crippen molar-refractivity contribution in [2.45, 2.75) is 38.6 Å². The van der Waals surface area contributed by atoms with Crippen molar-refractivity contribution in [3.63, 3.8) is 0 Å². The fourth-order valence-corrected chi connectivity index (χ4v) is 2.11. The number of rotatable bonds is 2. The van der Waals surface area contributed by atoms with Crippen LogP contribution in [0.4, 0.5) is 5.82 Å². The van der Waals surface area contributed by atoms with Crippen molar-refractivity contribution < 1.29 is 4.74 Å². The monoisotopic (exact) mass is 269 g/mol. The van der Waals surface area contributed by atoms with Gasteiger partial charge < -0.3 is 9.64 Å². The van der Waals surface area contributed by atoms with E-state index in [9.17, 15) is 0 Å². The van der Waals surface area contributed by atoms with E-state index in [0.717, 1.165) is 31.3 Å². The van der Waals surface area contributed by atoms with E-state index in [1.807, 2.05) is 13.1 Å². The summed E-state index contributed by atoms with van der Waals surface area (Å²) in [6.07, 6.45) is 1.03. The predicted octanol–water partition coefficient (Wildman–Crippen LogP) is 2.65. The highest BCUT2D eigenvalue weighted by Crippen LogP contribution is 2.25. The molecule has 1 aliphatic heterocycles. The third kappa shape index (κ3) is 2.93. The second-order valence-electron chi connectivity index (χ2n) is 5.75. The molecule has 1 aliphatic rings. The molecule has 4 nitrogen and oxygen atoms in total. The molecule has 0 radical (unpaired) electrons. The van der Waals surface area contributed by atoms with Crippen LogP contribution in [0.3, 0.4) is 0 Å². The fraction of sp³-hybridized carbons (Fsp3) is 0.692. The number of anilines is 1. The number of nitrogens with zero attached hydrogens (tertiary/aromatic N) is 3. The van der Waals surface area contributed by atoms with Crippen LogP contribution in [0.5, 0.6) is 0 Å². The van der Waals surface area contributed by atoms with Crippen molar-refractivity contribution in [3.05, 3.63) is 17.0 Å². The van der Waals surface area contributed by atoms with Crippen molar-refractivity contribution in [1.82, 2.24) is 9.97 Å². The van der Waals surface area contributed by atoms with Crippen molar-refractivity contribution in [2.24, 2.45) is 0 Å². The maximum absolute atomic E-state index is 6.10. The van der Waals surface area contributed by atoms with Crippen molar-refractivity contribution in [3.8, 4) is 0 Å². The van der Waals surface area contributed by atoms with Gasteiger partial charge in [-0.25, -0.2) is 9.97 Å². The highest BCUT2D eigenvalue weighted by atomic mass is 35.5. The molecule has 0 N–H and O–H groups in total. The molecule has 5 heteroatoms. The first-order chi connectivity index (χ1) is 8.38. The molecule has 0 aromatic carbocycles. The Labute approximate surface area is 113 Å². The third-order valence-electron chi connectivity index (χ3n) is 3.17. The molecule has 1 unspecified atom stereocenters. The van der Waals surface area contributed by atoms with Crippen LogP contribution in [0.15, 0.2) is 6.07 Å². The Bertz CT molecular complexity index is 425. The minimum absolute atomic E-state index is 0.104. The molecule has 0 aliphatic carbocycles. The van der Waals surface area contributed by atoms with Gasteiger partial charge in [0.15, 0.2) is 0 Å². The lowest BCUT2D eigenvalue weighted by atomic mass is 9.96. The maximum atomic E-state index is 6.10. The van der Waals surface area contributed by atoms with Gasteiger partial charge in [-0.1, -0.05) is 32.4 Å². The molecule has 1 aromatic rings. The maximum Gasteiger partial charge on any atom is 0.137 e. The summed E-state index contributed by atoms with van der Waals surface area (Å²) >= 11 is 6.10. The van der Waals surface area contributed by atoms with Gasteiger partial charge >= 0.3 is 0 Å². The molecule has 2 heterocycles. The second kappa shape index (κ2) is 5.02. The summed E-state index contributed by atoms with van der Waals surface area (Å²) in [7, 11) is 2.03. The van der Waals surface area contributed by atoms with Crippen LogP contribution in [0.1, 0.15) is 33.0 Å². The number of hydrogen-bond donors (Lipinski definition) is 0. The average Bonchev–Trinajstić information content (AvgIpc) is 2.79. The van der Waals surface area contributed by atoms with E-state index in [0.29, 0.717) is 11.2 Å². The highest BCUT2D eigenvalue weighted by molar-refractivity contribution is 6.29. The summed E-state index contributed by atoms with van der Waals surface area (Å²) in [6.45, 7) is 7.83. The molecular formula is C13H20ClN3O. The van der Waals surface area contributed by atoms with Crippen molar-refractivity contribution in [1.29, 1.82) is 0 Å². The highest BCUT2D eigenvalue weighted by Gasteiger charge is 2.24. The zero-order valence-electron chi connectivity index (χ0n) is 11.4. The molecule has 0 bridgehead atoms. The quantitative estimate of drug-likeness (QED) is 0.774. The van der Waals surface area contributed by atoms with Crippen LogP contribution < -0.4 is 4.90 Å². The van der Waals surface area contributed by atoms with Crippen LogP contribution in [-0.2, 0) is 10.2 Å². The summed E-state index contributed by atoms with van der Waals surface area (Å²) < 4.78 is 5.41. The predicted molar refractivity (Wildman–Crippen MR) is 73.4 cm³/mol. The van der Waals surface area contributed by atoms with Gasteiger partial charge in [-0.15, -0.1) is 0 Å². The molecule has 1 aromatic heterocycles. The van der Waals surface area contributed by atoms with E-state index in [4.69, 9.17) is 16.3 Å². The molecule has 1 saturated heterocycles. The van der Waals surface area contributed by atoms with E-state index in [1.54, 1.807) is 0 Å². The Kier molecular flexibility index (Phi) is 3.78. The fourth-order valence-electron chi connectivity index (χ4n) is 1.94. The molecule has 1 atom stereocenters. The van der Waals surface area contributed by atoms with E-state index >= 15 is 0 Å². The Morgan fingerprint density at radius 1 is 1.39 bits per heavy atom. The normalized spacial score (nSPS) is 20.2. The van der Waals surface area contributed by atoms with E-state index in [-0.39, 0.29) is 5.41 Å². The van der Waals surface area contributed by atoms with Gasteiger partial charge in [-0.3, -0.25) is 0 Å². The number of likely N-dealkylation sites (N-methyl/N-ethyl adjacent to an activating group) is 1. The SMILES string of the molecule is CN(c1cc(Cl)nc(C(C)(C)C)n1)C1CCOC1. The van der Waals surface area contributed by atoms with Gasteiger partial charge in [0.2, 0.25) is 0 Å². The number of halogens is 1. The van der Waals surface area contributed by atoms with Gasteiger partial charge in [-0.2, -0.15) is 0 Å². The number of aromatic nitrogens is 2. The molecule has 2 rings (SSSR count). The molecule has 100 valence electrons. The Morgan fingerprint density at radius 2 is 2.11 bits per heavy atom. The first-order valence-electron chi connectivity index (χ1n) is 6.23. The third-order valence-corrected chi connectivity index (χ3v) is 3.36. The molecule has 0 amide bonds. The summed E-state index contributed by atoms with van der Waals surface area (Å²) in [6, 6.07) is 2.19. The summed E-state index contributed by atoms with van der Waals surface area (Å²) in [5.74, 6) is 1.64. The van der Waals surface area contributed by atoms with Gasteiger partial charge in [0.05, 0.1) is 12.6 Å². The largest absolute Gasteiger partial charge is 0.379 e. The van der Waals surface area contributed by atoms with Gasteiger partial charge in [0.1, 0.15) is 16.8 Å². The second-order valence-corrected chi connectivity index (χ2v) is 6.14. The van der Waals surface area contributed by atoms with Crippen LogP contribution in [0, 0.1) is 0 Å². The average molecular weight is 270 g/mol. The summed E-state index contributed by atoms with van der Waals surface area (Å²) in [5.41, 5.74) is -0.104. The molecule has 0 saturated carbocycles. The topological polar surface area (TPSA) is 38.2 Å². The summed E-state index contributed by atoms with van der Waals surface area (Å²) in [5, 5.41) is 0.496. The standard InChI is InChI=1S/C13H20ClN3O/c1-13(2,3)12-15-10(14)7-11(16-12)17(4)9-5-6-18-8-9/h7,9H,5-6,8H2,1-4H3. The first kappa shape index (κ1) is 13.6. The number of ether oxygens (including phenoxy) is 1. The van der Waals surface area contributed by atoms with Crippen molar-refractivity contribution in [2.75, 3.05) is 25.2 Å². The van der Waals surface area contributed by atoms with Gasteiger partial charge in [0, 0.05) is 25.1 Å². The summed E-state index contributed by atoms with van der Waals surface area (Å²) in [4.78, 5) is 11.1. The first-order valence-corrected chi connectivity index (χ1v) is 6.61. The zero-order valence-corrected chi connectivity index (χ0v) is 12.2. The van der Waals surface area contributed by atoms with Crippen molar-refractivity contribution >= 4 is 17.4 Å². The lowest BCUT2D eigenvalue weighted by Crippen LogP contribution is -2.33. The van der Waals surface area contributed by atoms with Gasteiger partial charge in [-0.05, 0) is 6.42 Å². The van der Waals surface area contributed by atoms with Crippen LogP contribution in [0.2, 0.25) is 5.15 Å². The van der Waals surface area contributed by atoms with E-state index < -0.39 is 0 Å². The lowest BCUT2D eigenvalue weighted by Gasteiger charge is -2.26. The smallest absolute Gasteiger partial charge is 0.137 e.